The minimum atomic E-state index is -2.83. The highest BCUT2D eigenvalue weighted by molar-refractivity contribution is 6.35. The highest BCUT2D eigenvalue weighted by Gasteiger charge is 2.20. The molecule has 0 aromatic carbocycles. The van der Waals surface area contributed by atoms with E-state index in [1.54, 1.807) is 0 Å². The van der Waals surface area contributed by atoms with Gasteiger partial charge in [-0.1, -0.05) is 23.2 Å². The van der Waals surface area contributed by atoms with Crippen molar-refractivity contribution in [3.05, 3.63) is 27.5 Å². The van der Waals surface area contributed by atoms with Gasteiger partial charge in [0.1, 0.15) is 10.8 Å². The lowest BCUT2D eigenvalue weighted by atomic mass is 10.2. The molecule has 2 N–H and O–H groups in total. The molecule has 0 atom stereocenters. The zero-order valence-electron chi connectivity index (χ0n) is 6.60. The Morgan fingerprint density at radius 1 is 1.50 bits per heavy atom. The zero-order valence-corrected chi connectivity index (χ0v) is 8.11. The minimum Gasteiger partial charge on any atom is -0.364 e. The summed E-state index contributed by atoms with van der Waals surface area (Å²) >= 11 is 10.9. The molecule has 76 valence electrons. The lowest BCUT2D eigenvalue weighted by Gasteiger charge is -2.06. The molecule has 7 heteroatoms. The summed E-state index contributed by atoms with van der Waals surface area (Å²) in [6.07, 6.45) is -2.83. The number of carbonyl (C=O) groups excluding carboxylic acids is 1. The minimum absolute atomic E-state index is 0.251. The Kier molecular flexibility index (Phi) is 3.23. The summed E-state index contributed by atoms with van der Waals surface area (Å²) in [5, 5.41) is -0.713. The predicted octanol–water partition coefficient (Wildman–Crippen LogP) is 2.42. The van der Waals surface area contributed by atoms with E-state index in [1.807, 2.05) is 0 Å². The molecule has 1 rings (SSSR count). The quantitative estimate of drug-likeness (QED) is 0.808. The summed E-state index contributed by atoms with van der Waals surface area (Å²) < 4.78 is 24.7. The maximum Gasteiger partial charge on any atom is 0.268 e. The summed E-state index contributed by atoms with van der Waals surface area (Å²) in [6, 6.07) is 0.890. The molecule has 0 spiro atoms. The lowest BCUT2D eigenvalue weighted by molar-refractivity contribution is 0.0995. The van der Waals surface area contributed by atoms with E-state index in [4.69, 9.17) is 28.9 Å². The van der Waals surface area contributed by atoms with Crippen LogP contribution in [0.15, 0.2) is 6.07 Å². The fourth-order valence-corrected chi connectivity index (χ4v) is 1.31. The van der Waals surface area contributed by atoms with Gasteiger partial charge in [-0.15, -0.1) is 0 Å². The van der Waals surface area contributed by atoms with Crippen LogP contribution >= 0.6 is 23.2 Å². The van der Waals surface area contributed by atoms with Crippen molar-refractivity contribution < 1.29 is 13.6 Å². The Bertz CT molecular complexity index is 384. The standard InChI is InChI=1S/C7H4Cl2F2N2O/c8-3-1-2(6(10)11)4(9)5(13-3)7(12)14/h1,6H,(H2,12,14). The van der Waals surface area contributed by atoms with Crippen LogP contribution in [0.5, 0.6) is 0 Å². The molecule has 0 fully saturated rings. The van der Waals surface area contributed by atoms with Crippen LogP contribution in [0.2, 0.25) is 10.2 Å². The molecule has 0 unspecified atom stereocenters. The molecule has 0 saturated carbocycles. The van der Waals surface area contributed by atoms with Crippen molar-refractivity contribution >= 4 is 29.1 Å². The fraction of sp³-hybridized carbons (Fsp3) is 0.143. The number of aromatic nitrogens is 1. The first kappa shape index (κ1) is 11.1. The van der Waals surface area contributed by atoms with Crippen molar-refractivity contribution in [1.29, 1.82) is 0 Å². The van der Waals surface area contributed by atoms with Crippen LogP contribution < -0.4 is 5.73 Å². The monoisotopic (exact) mass is 240 g/mol. The molecule has 0 bridgehead atoms. The van der Waals surface area contributed by atoms with Crippen LogP contribution in [-0.4, -0.2) is 10.9 Å². The van der Waals surface area contributed by atoms with E-state index in [-0.39, 0.29) is 5.15 Å². The lowest BCUT2D eigenvalue weighted by Crippen LogP contribution is -2.14. The number of alkyl halides is 2. The number of nitrogens with two attached hydrogens (primary N) is 1. The second kappa shape index (κ2) is 4.06. The summed E-state index contributed by atoms with van der Waals surface area (Å²) in [6.45, 7) is 0. The molecular formula is C7H4Cl2F2N2O. The van der Waals surface area contributed by atoms with Crippen LogP contribution in [0.25, 0.3) is 0 Å². The number of amides is 1. The number of hydrogen-bond donors (Lipinski definition) is 1. The molecule has 1 aromatic rings. The average Bonchev–Trinajstić information content (AvgIpc) is 2.07. The van der Waals surface area contributed by atoms with Crippen molar-refractivity contribution in [3.8, 4) is 0 Å². The average molecular weight is 241 g/mol. The number of nitrogens with zero attached hydrogens (tertiary/aromatic N) is 1. The maximum absolute atomic E-state index is 12.3. The van der Waals surface area contributed by atoms with E-state index in [9.17, 15) is 13.6 Å². The zero-order chi connectivity index (χ0) is 10.9. The maximum atomic E-state index is 12.3. The molecule has 3 nitrogen and oxygen atoms in total. The van der Waals surface area contributed by atoms with Gasteiger partial charge in [0.05, 0.1) is 5.02 Å². The van der Waals surface area contributed by atoms with Crippen LogP contribution in [0.4, 0.5) is 8.78 Å². The number of primary amides is 1. The van der Waals surface area contributed by atoms with E-state index < -0.39 is 28.6 Å². The molecule has 14 heavy (non-hydrogen) atoms. The summed E-state index contributed by atoms with van der Waals surface area (Å²) in [4.78, 5) is 14.2. The molecule has 0 saturated heterocycles. The van der Waals surface area contributed by atoms with Crippen LogP contribution in [0.1, 0.15) is 22.5 Å². The molecule has 1 aromatic heterocycles. The van der Waals surface area contributed by atoms with Crippen molar-refractivity contribution in [2.75, 3.05) is 0 Å². The highest BCUT2D eigenvalue weighted by Crippen LogP contribution is 2.30. The van der Waals surface area contributed by atoms with Crippen LogP contribution in [0.3, 0.4) is 0 Å². The molecule has 1 amide bonds. The van der Waals surface area contributed by atoms with Gasteiger partial charge in [0.2, 0.25) is 0 Å². The van der Waals surface area contributed by atoms with Gasteiger partial charge in [0.25, 0.3) is 12.3 Å². The Balaban J connectivity index is 3.40. The summed E-state index contributed by atoms with van der Waals surface area (Å²) in [5.41, 5.74) is 3.86. The van der Waals surface area contributed by atoms with Gasteiger partial charge in [-0.05, 0) is 6.07 Å². The van der Waals surface area contributed by atoms with E-state index in [0.29, 0.717) is 0 Å². The molecule has 0 radical (unpaired) electrons. The number of rotatable bonds is 2. The van der Waals surface area contributed by atoms with Gasteiger partial charge in [-0.2, -0.15) is 0 Å². The third-order valence-corrected chi connectivity index (χ3v) is 2.01. The van der Waals surface area contributed by atoms with Crippen molar-refractivity contribution in [2.45, 2.75) is 6.43 Å². The molecule has 0 aliphatic rings. The molecule has 0 aliphatic heterocycles. The Labute approximate surface area is 87.8 Å². The highest BCUT2D eigenvalue weighted by atomic mass is 35.5. The first-order valence-electron chi connectivity index (χ1n) is 3.37. The normalized spacial score (nSPS) is 10.6. The Morgan fingerprint density at radius 3 is 2.50 bits per heavy atom. The second-order valence-corrected chi connectivity index (χ2v) is 3.13. The number of carbonyl (C=O) groups is 1. The number of pyridine rings is 1. The van der Waals surface area contributed by atoms with Gasteiger partial charge < -0.3 is 5.73 Å². The first-order chi connectivity index (χ1) is 6.43. The van der Waals surface area contributed by atoms with E-state index in [2.05, 4.69) is 4.98 Å². The smallest absolute Gasteiger partial charge is 0.268 e. The Hall–Kier alpha value is -0.940. The van der Waals surface area contributed by atoms with Crippen molar-refractivity contribution in [1.82, 2.24) is 4.98 Å². The van der Waals surface area contributed by atoms with E-state index in [1.165, 1.54) is 0 Å². The van der Waals surface area contributed by atoms with Gasteiger partial charge >= 0.3 is 0 Å². The fourth-order valence-electron chi connectivity index (χ4n) is 0.839. The summed E-state index contributed by atoms with van der Waals surface area (Å²) in [5.74, 6) is -1.00. The summed E-state index contributed by atoms with van der Waals surface area (Å²) in [7, 11) is 0. The predicted molar refractivity (Wildman–Crippen MR) is 47.7 cm³/mol. The van der Waals surface area contributed by atoms with Gasteiger partial charge in [-0.25, -0.2) is 13.8 Å². The number of halogens is 4. The van der Waals surface area contributed by atoms with Gasteiger partial charge in [0.15, 0.2) is 0 Å². The third-order valence-electron chi connectivity index (χ3n) is 1.42. The van der Waals surface area contributed by atoms with Gasteiger partial charge in [-0.3, -0.25) is 4.79 Å². The topological polar surface area (TPSA) is 56.0 Å². The molecule has 1 heterocycles. The first-order valence-corrected chi connectivity index (χ1v) is 4.13. The van der Waals surface area contributed by atoms with E-state index in [0.717, 1.165) is 6.07 Å². The SMILES string of the molecule is NC(=O)c1nc(Cl)cc(C(F)F)c1Cl. The number of hydrogen-bond acceptors (Lipinski definition) is 2. The largest absolute Gasteiger partial charge is 0.364 e. The van der Waals surface area contributed by atoms with Gasteiger partial charge in [0, 0.05) is 5.56 Å². The van der Waals surface area contributed by atoms with Crippen LogP contribution in [-0.2, 0) is 0 Å². The van der Waals surface area contributed by atoms with Crippen molar-refractivity contribution in [2.24, 2.45) is 5.73 Å². The molecular weight excluding hydrogens is 237 g/mol. The second-order valence-electron chi connectivity index (χ2n) is 2.36. The van der Waals surface area contributed by atoms with Crippen molar-refractivity contribution in [3.63, 3.8) is 0 Å². The molecule has 0 aliphatic carbocycles. The third kappa shape index (κ3) is 2.10. The Morgan fingerprint density at radius 2 is 2.07 bits per heavy atom. The van der Waals surface area contributed by atoms with Crippen LogP contribution in [0, 0.1) is 0 Å². The van der Waals surface area contributed by atoms with E-state index >= 15 is 0 Å².